The molecule has 2 saturated heterocycles. The third-order valence-electron chi connectivity index (χ3n) is 4.78. The van der Waals surface area contributed by atoms with E-state index in [1.807, 2.05) is 5.38 Å². The summed E-state index contributed by atoms with van der Waals surface area (Å²) in [6.45, 7) is 6.21. The smallest absolute Gasteiger partial charge is 0.243 e. The molecular weight excluding hydrogens is 312 g/mol. The number of piperidine rings is 1. The normalized spacial score (nSPS) is 26.5. The van der Waals surface area contributed by atoms with Gasteiger partial charge in [0.25, 0.3) is 0 Å². The van der Waals surface area contributed by atoms with Crippen molar-refractivity contribution in [1.82, 2.24) is 15.2 Å². The number of thiazole rings is 1. The summed E-state index contributed by atoms with van der Waals surface area (Å²) in [5, 5.41) is 8.85. The van der Waals surface area contributed by atoms with Crippen LogP contribution in [0.1, 0.15) is 31.9 Å². The van der Waals surface area contributed by atoms with Crippen LogP contribution < -0.4 is 10.6 Å². The summed E-state index contributed by atoms with van der Waals surface area (Å²) in [5.41, 5.74) is 1.05. The number of aromatic nitrogens is 1. The fourth-order valence-electron chi connectivity index (χ4n) is 3.16. The predicted octanol–water partition coefficient (Wildman–Crippen LogP) is 1.69. The van der Waals surface area contributed by atoms with Crippen LogP contribution in [-0.2, 0) is 16.1 Å². The Kier molecular flexibility index (Phi) is 5.63. The number of ether oxygens (including phenoxy) is 1. The molecule has 2 aliphatic rings. The van der Waals surface area contributed by atoms with Crippen LogP contribution in [-0.4, -0.2) is 54.7 Å². The van der Waals surface area contributed by atoms with Gasteiger partial charge in [0.2, 0.25) is 5.91 Å². The van der Waals surface area contributed by atoms with E-state index in [9.17, 15) is 4.79 Å². The number of methoxy groups -OCH3 is 1. The molecule has 2 N–H and O–H groups in total. The lowest BCUT2D eigenvalue weighted by Gasteiger charge is -2.29. The standard InChI is InChI=1S/C16H26N4O2S/c1-11-3-5-20(6-4-11)9-12-10-23-16(18-12)19-15(21)14-7-13(22-2)8-17-14/h10-11,13-14,17H,3-9H2,1-2H3,(H,18,19,21)/t13-,14+/m0/s1. The Morgan fingerprint density at radius 2 is 2.30 bits per heavy atom. The number of rotatable bonds is 5. The highest BCUT2D eigenvalue weighted by molar-refractivity contribution is 7.13. The molecule has 3 rings (SSSR count). The quantitative estimate of drug-likeness (QED) is 0.855. The molecule has 0 radical (unpaired) electrons. The monoisotopic (exact) mass is 338 g/mol. The van der Waals surface area contributed by atoms with E-state index in [4.69, 9.17) is 4.74 Å². The van der Waals surface area contributed by atoms with E-state index in [0.717, 1.165) is 37.8 Å². The molecule has 3 heterocycles. The van der Waals surface area contributed by atoms with Gasteiger partial charge >= 0.3 is 0 Å². The number of likely N-dealkylation sites (tertiary alicyclic amines) is 1. The molecule has 0 spiro atoms. The van der Waals surface area contributed by atoms with Crippen molar-refractivity contribution >= 4 is 22.4 Å². The molecular formula is C16H26N4O2S. The maximum Gasteiger partial charge on any atom is 0.243 e. The molecule has 2 aliphatic heterocycles. The van der Waals surface area contributed by atoms with Crippen LogP contribution in [0.2, 0.25) is 0 Å². The third kappa shape index (κ3) is 4.50. The minimum Gasteiger partial charge on any atom is -0.380 e. The zero-order chi connectivity index (χ0) is 16.2. The van der Waals surface area contributed by atoms with Crippen molar-refractivity contribution in [2.45, 2.75) is 44.9 Å². The van der Waals surface area contributed by atoms with Crippen molar-refractivity contribution in [1.29, 1.82) is 0 Å². The van der Waals surface area contributed by atoms with Crippen LogP contribution in [0.25, 0.3) is 0 Å². The van der Waals surface area contributed by atoms with Crippen molar-refractivity contribution in [3.63, 3.8) is 0 Å². The highest BCUT2D eigenvalue weighted by atomic mass is 32.1. The largest absolute Gasteiger partial charge is 0.380 e. The summed E-state index contributed by atoms with van der Waals surface area (Å²) >= 11 is 1.50. The summed E-state index contributed by atoms with van der Waals surface area (Å²) in [6, 6.07) is -0.184. The molecule has 6 nitrogen and oxygen atoms in total. The van der Waals surface area contributed by atoms with Crippen molar-refractivity contribution in [2.24, 2.45) is 5.92 Å². The van der Waals surface area contributed by atoms with Gasteiger partial charge in [-0.2, -0.15) is 0 Å². The average molecular weight is 338 g/mol. The maximum atomic E-state index is 12.2. The number of amides is 1. The molecule has 0 bridgehead atoms. The maximum absolute atomic E-state index is 12.2. The lowest BCUT2D eigenvalue weighted by molar-refractivity contribution is -0.118. The molecule has 128 valence electrons. The fourth-order valence-corrected chi connectivity index (χ4v) is 3.87. The highest BCUT2D eigenvalue weighted by Gasteiger charge is 2.29. The van der Waals surface area contributed by atoms with Gasteiger partial charge in [-0.3, -0.25) is 9.69 Å². The SMILES string of the molecule is CO[C@@H]1CN[C@@H](C(=O)Nc2nc(CN3CCC(C)CC3)cs2)C1. The zero-order valence-electron chi connectivity index (χ0n) is 13.9. The second-order valence-corrected chi connectivity index (χ2v) is 7.50. The Morgan fingerprint density at radius 3 is 3.00 bits per heavy atom. The Labute approximate surface area is 141 Å². The second-order valence-electron chi connectivity index (χ2n) is 6.65. The number of nitrogens with one attached hydrogen (secondary N) is 2. The van der Waals surface area contributed by atoms with Gasteiger partial charge in [-0.15, -0.1) is 11.3 Å². The van der Waals surface area contributed by atoms with Crippen molar-refractivity contribution in [3.05, 3.63) is 11.1 Å². The van der Waals surface area contributed by atoms with E-state index in [1.165, 1.54) is 24.2 Å². The van der Waals surface area contributed by atoms with Gasteiger partial charge in [0, 0.05) is 25.6 Å². The molecule has 1 aromatic heterocycles. The first-order chi connectivity index (χ1) is 11.1. The van der Waals surface area contributed by atoms with Crippen LogP contribution in [0.5, 0.6) is 0 Å². The average Bonchev–Trinajstić information content (AvgIpc) is 3.19. The first-order valence-corrected chi connectivity index (χ1v) is 9.26. The van der Waals surface area contributed by atoms with E-state index in [1.54, 1.807) is 7.11 Å². The van der Waals surface area contributed by atoms with Crippen LogP contribution in [0.3, 0.4) is 0 Å². The highest BCUT2D eigenvalue weighted by Crippen LogP contribution is 2.21. The van der Waals surface area contributed by atoms with Crippen molar-refractivity contribution < 1.29 is 9.53 Å². The lowest BCUT2D eigenvalue weighted by atomic mass is 9.99. The topological polar surface area (TPSA) is 66.5 Å². The summed E-state index contributed by atoms with van der Waals surface area (Å²) in [7, 11) is 1.68. The van der Waals surface area contributed by atoms with Crippen LogP contribution >= 0.6 is 11.3 Å². The van der Waals surface area contributed by atoms with Crippen molar-refractivity contribution in [3.8, 4) is 0 Å². The summed E-state index contributed by atoms with van der Waals surface area (Å²) in [5.74, 6) is 0.823. The van der Waals surface area contributed by atoms with E-state index >= 15 is 0 Å². The second kappa shape index (κ2) is 7.70. The molecule has 0 unspecified atom stereocenters. The molecule has 1 aromatic rings. The Hall–Kier alpha value is -1.02. The van der Waals surface area contributed by atoms with Crippen molar-refractivity contribution in [2.75, 3.05) is 32.1 Å². The molecule has 0 aliphatic carbocycles. The molecule has 0 saturated carbocycles. The number of nitrogens with zero attached hydrogens (tertiary/aromatic N) is 2. The molecule has 23 heavy (non-hydrogen) atoms. The number of anilines is 1. The molecule has 7 heteroatoms. The molecule has 1 amide bonds. The van der Waals surface area contributed by atoms with E-state index in [0.29, 0.717) is 11.6 Å². The zero-order valence-corrected chi connectivity index (χ0v) is 14.7. The Bertz CT molecular complexity index is 528. The number of hydrogen-bond donors (Lipinski definition) is 2. The van der Waals surface area contributed by atoms with E-state index in [-0.39, 0.29) is 18.1 Å². The first-order valence-electron chi connectivity index (χ1n) is 8.38. The third-order valence-corrected chi connectivity index (χ3v) is 5.59. The minimum absolute atomic E-state index is 0.0164. The van der Waals surface area contributed by atoms with Gasteiger partial charge < -0.3 is 15.4 Å². The van der Waals surface area contributed by atoms with Gasteiger partial charge in [0.05, 0.1) is 17.8 Å². The van der Waals surface area contributed by atoms with Gasteiger partial charge in [-0.25, -0.2) is 4.98 Å². The summed E-state index contributed by atoms with van der Waals surface area (Å²) in [4.78, 5) is 19.2. The van der Waals surface area contributed by atoms with Gasteiger partial charge in [-0.1, -0.05) is 6.92 Å². The van der Waals surface area contributed by atoms with Gasteiger partial charge in [0.1, 0.15) is 0 Å². The summed E-state index contributed by atoms with van der Waals surface area (Å²) in [6.07, 6.45) is 3.37. The predicted molar refractivity (Wildman–Crippen MR) is 91.6 cm³/mol. The van der Waals surface area contributed by atoms with E-state index in [2.05, 4.69) is 27.4 Å². The summed E-state index contributed by atoms with van der Waals surface area (Å²) < 4.78 is 5.28. The molecule has 2 fully saturated rings. The molecule has 0 aromatic carbocycles. The van der Waals surface area contributed by atoms with Gasteiger partial charge in [-0.05, 0) is 38.3 Å². The van der Waals surface area contributed by atoms with Crippen LogP contribution in [0.15, 0.2) is 5.38 Å². The van der Waals surface area contributed by atoms with E-state index < -0.39 is 0 Å². The lowest BCUT2D eigenvalue weighted by Crippen LogP contribution is -2.35. The number of carbonyl (C=O) groups excluding carboxylic acids is 1. The fraction of sp³-hybridized carbons (Fsp3) is 0.750. The van der Waals surface area contributed by atoms with Crippen LogP contribution in [0, 0.1) is 5.92 Å². The number of carbonyl (C=O) groups is 1. The Balaban J connectivity index is 1.48. The molecule has 2 atom stereocenters. The van der Waals surface area contributed by atoms with Crippen LogP contribution in [0.4, 0.5) is 5.13 Å². The van der Waals surface area contributed by atoms with Gasteiger partial charge in [0.15, 0.2) is 5.13 Å². The first kappa shape index (κ1) is 16.8. The number of hydrogen-bond acceptors (Lipinski definition) is 6. The Morgan fingerprint density at radius 1 is 1.52 bits per heavy atom. The minimum atomic E-state index is -0.184.